The predicted octanol–water partition coefficient (Wildman–Crippen LogP) is 5.91. The van der Waals surface area contributed by atoms with Gasteiger partial charge in [0.05, 0.1) is 0 Å². The average Bonchev–Trinajstić information content (AvgIpc) is 2.78. The van der Waals surface area contributed by atoms with Crippen LogP contribution in [-0.4, -0.2) is 29.3 Å². The van der Waals surface area contributed by atoms with Crippen LogP contribution in [0.15, 0.2) is 36.4 Å². The summed E-state index contributed by atoms with van der Waals surface area (Å²) >= 11 is 0. The molecule has 0 bridgehead atoms. The van der Waals surface area contributed by atoms with Crippen LogP contribution in [0.25, 0.3) is 0 Å². The number of benzene rings is 2. The number of fused-ring (bicyclic) bond motifs is 1. The summed E-state index contributed by atoms with van der Waals surface area (Å²) in [5, 5.41) is 3.02. The minimum atomic E-state index is -0.111. The molecule has 2 atom stereocenters. The van der Waals surface area contributed by atoms with Gasteiger partial charge in [0.15, 0.2) is 0 Å². The lowest BCUT2D eigenvalue weighted by atomic mass is 9.78. The highest BCUT2D eigenvalue weighted by molar-refractivity contribution is 6.05. The summed E-state index contributed by atoms with van der Waals surface area (Å²) < 4.78 is 0. The van der Waals surface area contributed by atoms with E-state index in [-0.39, 0.29) is 11.8 Å². The molecule has 4 nitrogen and oxygen atoms in total. The Hall–Kier alpha value is -2.62. The number of rotatable bonds is 4. The van der Waals surface area contributed by atoms with Crippen molar-refractivity contribution in [3.63, 3.8) is 0 Å². The molecule has 2 aromatic carbocycles. The number of likely N-dealkylation sites (tertiary alicyclic amines) is 1. The van der Waals surface area contributed by atoms with Crippen LogP contribution in [0.3, 0.4) is 0 Å². The van der Waals surface area contributed by atoms with Gasteiger partial charge in [0, 0.05) is 29.4 Å². The Kier molecular flexibility index (Phi) is 6.45. The van der Waals surface area contributed by atoms with E-state index >= 15 is 0 Å². The third-order valence-electron chi connectivity index (χ3n) is 7.11. The minimum Gasteiger partial charge on any atom is -0.335 e. The second-order valence-electron chi connectivity index (χ2n) is 9.25. The van der Waals surface area contributed by atoms with Crippen molar-refractivity contribution in [1.29, 1.82) is 0 Å². The number of nitrogens with one attached hydrogen (secondary N) is 1. The average molecular weight is 419 g/mol. The molecule has 0 spiro atoms. The number of anilines is 1. The third-order valence-corrected chi connectivity index (χ3v) is 7.11. The molecule has 2 amide bonds. The molecule has 1 aliphatic heterocycles. The van der Waals surface area contributed by atoms with Crippen LogP contribution >= 0.6 is 0 Å². The highest BCUT2D eigenvalue weighted by Gasteiger charge is 2.36. The molecular weight excluding hydrogens is 384 g/mol. The van der Waals surface area contributed by atoms with Gasteiger partial charge in [-0.2, -0.15) is 0 Å². The number of amides is 2. The van der Waals surface area contributed by atoms with E-state index in [9.17, 15) is 9.59 Å². The molecule has 2 fully saturated rings. The van der Waals surface area contributed by atoms with Crippen molar-refractivity contribution in [2.24, 2.45) is 5.92 Å². The van der Waals surface area contributed by atoms with Crippen LogP contribution in [0.2, 0.25) is 0 Å². The summed E-state index contributed by atoms with van der Waals surface area (Å²) in [7, 11) is 0. The first-order valence-electron chi connectivity index (χ1n) is 11.8. The third kappa shape index (κ3) is 4.53. The van der Waals surface area contributed by atoms with E-state index in [1.54, 1.807) is 0 Å². The molecule has 4 rings (SSSR count). The highest BCUT2D eigenvalue weighted by atomic mass is 16.2. The number of carbonyl (C=O) groups is 2. The zero-order valence-electron chi connectivity index (χ0n) is 19.0. The van der Waals surface area contributed by atoms with Gasteiger partial charge < -0.3 is 10.2 Å². The number of carbonyl (C=O) groups excluding carboxylic acids is 2. The normalized spacial score (nSPS) is 20.8. The minimum absolute atomic E-state index is 0.111. The van der Waals surface area contributed by atoms with Gasteiger partial charge in [0.1, 0.15) is 0 Å². The molecule has 1 N–H and O–H groups in total. The summed E-state index contributed by atoms with van der Waals surface area (Å²) in [5.41, 5.74) is 5.32. The molecule has 2 unspecified atom stereocenters. The van der Waals surface area contributed by atoms with E-state index in [0.717, 1.165) is 53.7 Å². The molecule has 31 heavy (non-hydrogen) atoms. The van der Waals surface area contributed by atoms with Crippen molar-refractivity contribution >= 4 is 17.5 Å². The Balaban J connectivity index is 1.54. The maximum atomic E-state index is 13.5. The number of aryl methyl sites for hydroxylation is 3. The van der Waals surface area contributed by atoms with E-state index in [1.807, 2.05) is 50.2 Å². The smallest absolute Gasteiger partial charge is 0.255 e. The zero-order valence-corrected chi connectivity index (χ0v) is 19.0. The summed E-state index contributed by atoms with van der Waals surface area (Å²) in [6.07, 6.45) is 8.07. The van der Waals surface area contributed by atoms with E-state index < -0.39 is 0 Å². The van der Waals surface area contributed by atoms with Crippen LogP contribution in [0.1, 0.15) is 82.9 Å². The molecule has 1 saturated carbocycles. The lowest BCUT2D eigenvalue weighted by Crippen LogP contribution is -2.49. The Bertz CT molecular complexity index is 979. The fraction of sp³-hybridized carbons (Fsp3) is 0.481. The van der Waals surface area contributed by atoms with E-state index in [0.29, 0.717) is 17.5 Å². The first-order chi connectivity index (χ1) is 15.0. The van der Waals surface area contributed by atoms with Gasteiger partial charge in [-0.15, -0.1) is 0 Å². The van der Waals surface area contributed by atoms with Crippen molar-refractivity contribution in [1.82, 2.24) is 4.90 Å². The van der Waals surface area contributed by atoms with Crippen molar-refractivity contribution in [2.45, 2.75) is 71.8 Å². The molecular formula is C27H34N2O2. The summed E-state index contributed by atoms with van der Waals surface area (Å²) in [5.74, 6) is 0.730. The monoisotopic (exact) mass is 418 g/mol. The molecule has 0 radical (unpaired) electrons. The van der Waals surface area contributed by atoms with E-state index in [4.69, 9.17) is 0 Å². The quantitative estimate of drug-likeness (QED) is 0.671. The van der Waals surface area contributed by atoms with Crippen LogP contribution in [0.5, 0.6) is 0 Å². The first kappa shape index (κ1) is 21.6. The largest absolute Gasteiger partial charge is 0.335 e. The Morgan fingerprint density at radius 2 is 1.71 bits per heavy atom. The van der Waals surface area contributed by atoms with Crippen molar-refractivity contribution < 1.29 is 9.59 Å². The fourth-order valence-corrected chi connectivity index (χ4v) is 5.47. The Morgan fingerprint density at radius 1 is 0.968 bits per heavy atom. The first-order valence-corrected chi connectivity index (χ1v) is 11.8. The number of hydrogen-bond donors (Lipinski definition) is 1. The van der Waals surface area contributed by atoms with Gasteiger partial charge in [-0.1, -0.05) is 37.5 Å². The standard InChI is InChI=1S/C27H34N2O2/c1-4-20-17-22(28-26(30)23-13-11-18(2)16-19(23)3)12-14-24(20)27(31)29-15-7-9-21-8-5-6-10-25(21)29/h11-14,16-17,21,25H,4-10,15H2,1-3H3,(H,28,30). The maximum absolute atomic E-state index is 13.5. The summed E-state index contributed by atoms with van der Waals surface area (Å²) in [6, 6.07) is 12.0. The molecule has 1 heterocycles. The lowest BCUT2D eigenvalue weighted by molar-refractivity contribution is 0.0389. The molecule has 1 saturated heterocycles. The van der Waals surface area contributed by atoms with Gasteiger partial charge in [-0.3, -0.25) is 9.59 Å². The van der Waals surface area contributed by atoms with Crippen LogP contribution in [0.4, 0.5) is 5.69 Å². The van der Waals surface area contributed by atoms with Gasteiger partial charge >= 0.3 is 0 Å². The second-order valence-corrected chi connectivity index (χ2v) is 9.25. The number of hydrogen-bond acceptors (Lipinski definition) is 2. The van der Waals surface area contributed by atoms with Gasteiger partial charge in [-0.25, -0.2) is 0 Å². The van der Waals surface area contributed by atoms with E-state index in [1.165, 1.54) is 25.7 Å². The number of nitrogens with zero attached hydrogens (tertiary/aromatic N) is 1. The summed E-state index contributed by atoms with van der Waals surface area (Å²) in [4.78, 5) is 28.4. The fourth-order valence-electron chi connectivity index (χ4n) is 5.47. The number of piperidine rings is 1. The second kappa shape index (κ2) is 9.25. The Morgan fingerprint density at radius 3 is 2.48 bits per heavy atom. The van der Waals surface area contributed by atoms with Crippen LogP contribution in [0, 0.1) is 19.8 Å². The van der Waals surface area contributed by atoms with Crippen LogP contribution < -0.4 is 5.32 Å². The lowest BCUT2D eigenvalue weighted by Gasteiger charge is -2.44. The topological polar surface area (TPSA) is 49.4 Å². The van der Waals surface area contributed by atoms with Crippen molar-refractivity contribution in [3.05, 3.63) is 64.2 Å². The molecule has 1 aliphatic carbocycles. The Labute approximate surface area is 186 Å². The van der Waals surface area contributed by atoms with Gasteiger partial charge in [-0.05, 0) is 87.3 Å². The highest BCUT2D eigenvalue weighted by Crippen LogP contribution is 2.36. The predicted molar refractivity (Wildman–Crippen MR) is 126 cm³/mol. The van der Waals surface area contributed by atoms with Gasteiger partial charge in [0.25, 0.3) is 11.8 Å². The molecule has 2 aromatic rings. The van der Waals surface area contributed by atoms with Crippen molar-refractivity contribution in [3.8, 4) is 0 Å². The maximum Gasteiger partial charge on any atom is 0.255 e. The SMILES string of the molecule is CCc1cc(NC(=O)c2ccc(C)cc2C)ccc1C(=O)N1CCCC2CCCCC21. The molecule has 164 valence electrons. The van der Waals surface area contributed by atoms with Gasteiger partial charge in [0.2, 0.25) is 0 Å². The molecule has 0 aromatic heterocycles. The van der Waals surface area contributed by atoms with Crippen molar-refractivity contribution in [2.75, 3.05) is 11.9 Å². The molecule has 4 heteroatoms. The zero-order chi connectivity index (χ0) is 22.0. The van der Waals surface area contributed by atoms with Crippen LogP contribution in [-0.2, 0) is 6.42 Å². The van der Waals surface area contributed by atoms with E-state index in [2.05, 4.69) is 17.1 Å². The summed E-state index contributed by atoms with van der Waals surface area (Å²) in [6.45, 7) is 6.92. The molecule has 2 aliphatic rings.